The van der Waals surface area contributed by atoms with E-state index in [-0.39, 0.29) is 5.91 Å². The van der Waals surface area contributed by atoms with E-state index >= 15 is 0 Å². The molecule has 1 N–H and O–H groups in total. The van der Waals surface area contributed by atoms with Gasteiger partial charge in [-0.2, -0.15) is 0 Å². The molecule has 1 aromatic heterocycles. The lowest BCUT2D eigenvalue weighted by Crippen LogP contribution is -2.12. The second-order valence-electron chi connectivity index (χ2n) is 8.15. The molecule has 1 amide bonds. The van der Waals surface area contributed by atoms with Gasteiger partial charge in [-0.1, -0.05) is 18.2 Å². The number of nitrogens with zero attached hydrogens (tertiary/aromatic N) is 2. The average molecular weight is 418 g/mol. The monoisotopic (exact) mass is 417 g/mol. The number of imidazole rings is 1. The highest BCUT2D eigenvalue weighted by Crippen LogP contribution is 2.31. The van der Waals surface area contributed by atoms with Crippen LogP contribution in [0.1, 0.15) is 37.1 Å². The number of benzene rings is 2. The topological polar surface area (TPSA) is 65.4 Å². The van der Waals surface area contributed by atoms with Crippen molar-refractivity contribution in [2.24, 2.45) is 0 Å². The minimum absolute atomic E-state index is 0.00248. The van der Waals surface area contributed by atoms with Gasteiger partial charge >= 0.3 is 0 Å². The van der Waals surface area contributed by atoms with Crippen LogP contribution >= 0.6 is 0 Å². The van der Waals surface area contributed by atoms with Crippen LogP contribution in [0, 0.1) is 0 Å². The molecule has 0 saturated carbocycles. The normalized spacial score (nSPS) is 15.1. The summed E-state index contributed by atoms with van der Waals surface area (Å²) >= 11 is 0. The Hall–Kier alpha value is -3.28. The van der Waals surface area contributed by atoms with E-state index in [0.717, 1.165) is 53.4 Å². The number of aromatic nitrogens is 2. The van der Waals surface area contributed by atoms with Gasteiger partial charge in [0.25, 0.3) is 0 Å². The lowest BCUT2D eigenvalue weighted by Gasteiger charge is -2.11. The Morgan fingerprint density at radius 1 is 1.00 bits per heavy atom. The number of fused-ring (bicyclic) bond motifs is 2. The quantitative estimate of drug-likeness (QED) is 0.658. The Labute approximate surface area is 182 Å². The number of ether oxygens (including phenoxy) is 2. The molecule has 2 aliphatic heterocycles. The fourth-order valence-corrected chi connectivity index (χ4v) is 4.12. The first kappa shape index (κ1) is 19.7. The number of carbonyl (C=O) groups excluding carboxylic acids is 1. The number of amides is 1. The zero-order valence-corrected chi connectivity index (χ0v) is 17.6. The lowest BCUT2D eigenvalue weighted by atomic mass is 10.1. The maximum Gasteiger partial charge on any atom is 0.224 e. The second kappa shape index (κ2) is 8.84. The summed E-state index contributed by atoms with van der Waals surface area (Å²) in [5.41, 5.74) is 3.95. The number of anilines is 1. The van der Waals surface area contributed by atoms with Gasteiger partial charge in [0.2, 0.25) is 5.91 Å². The van der Waals surface area contributed by atoms with Gasteiger partial charge in [0.15, 0.2) is 11.5 Å². The van der Waals surface area contributed by atoms with E-state index < -0.39 is 0 Å². The minimum Gasteiger partial charge on any atom is -0.490 e. The molecular formula is C25H27N3O3. The van der Waals surface area contributed by atoms with Gasteiger partial charge in [0.1, 0.15) is 5.82 Å². The van der Waals surface area contributed by atoms with Crippen molar-refractivity contribution in [1.82, 2.24) is 9.55 Å². The Morgan fingerprint density at radius 3 is 2.68 bits per heavy atom. The fourth-order valence-electron chi connectivity index (χ4n) is 4.12. The Balaban J connectivity index is 1.17. The predicted octanol–water partition coefficient (Wildman–Crippen LogP) is 4.62. The van der Waals surface area contributed by atoms with Crippen LogP contribution in [0.2, 0.25) is 0 Å². The van der Waals surface area contributed by atoms with Gasteiger partial charge in [0, 0.05) is 43.3 Å². The van der Waals surface area contributed by atoms with E-state index in [1.807, 2.05) is 42.5 Å². The molecule has 2 aliphatic rings. The minimum atomic E-state index is -0.00248. The Morgan fingerprint density at radius 2 is 1.84 bits per heavy atom. The number of aryl methyl sites for hydroxylation is 3. The Kier molecular flexibility index (Phi) is 5.61. The summed E-state index contributed by atoms with van der Waals surface area (Å²) in [6.45, 7) is 2.39. The average Bonchev–Trinajstić information content (AvgIpc) is 3.09. The van der Waals surface area contributed by atoms with Crippen LogP contribution in [0.15, 0.2) is 48.7 Å². The van der Waals surface area contributed by atoms with Crippen LogP contribution in [0.3, 0.4) is 0 Å². The molecule has 2 aromatic carbocycles. The van der Waals surface area contributed by atoms with Gasteiger partial charge < -0.3 is 19.4 Å². The zero-order valence-electron chi connectivity index (χ0n) is 17.6. The smallest absolute Gasteiger partial charge is 0.224 e. The van der Waals surface area contributed by atoms with Crippen LogP contribution in [0.25, 0.3) is 11.3 Å². The first-order valence-corrected chi connectivity index (χ1v) is 11.1. The van der Waals surface area contributed by atoms with E-state index in [4.69, 9.17) is 14.5 Å². The van der Waals surface area contributed by atoms with Crippen molar-refractivity contribution < 1.29 is 14.3 Å². The van der Waals surface area contributed by atoms with Crippen LogP contribution < -0.4 is 14.8 Å². The molecule has 0 atom stereocenters. The summed E-state index contributed by atoms with van der Waals surface area (Å²) in [6, 6.07) is 13.8. The molecule has 0 bridgehead atoms. The highest BCUT2D eigenvalue weighted by atomic mass is 16.5. The molecule has 5 rings (SSSR count). The number of nitrogens with one attached hydrogen (secondary N) is 1. The predicted molar refractivity (Wildman–Crippen MR) is 120 cm³/mol. The molecular weight excluding hydrogens is 390 g/mol. The first-order valence-electron chi connectivity index (χ1n) is 11.1. The third-order valence-electron chi connectivity index (χ3n) is 5.83. The van der Waals surface area contributed by atoms with E-state index in [1.165, 1.54) is 18.7 Å². The molecule has 0 aliphatic carbocycles. The molecule has 160 valence electrons. The number of rotatable bonds is 5. The van der Waals surface area contributed by atoms with Crippen molar-refractivity contribution in [1.29, 1.82) is 0 Å². The van der Waals surface area contributed by atoms with Crippen molar-refractivity contribution in [2.75, 3.05) is 18.5 Å². The van der Waals surface area contributed by atoms with Crippen LogP contribution in [-0.4, -0.2) is 28.7 Å². The zero-order chi connectivity index (χ0) is 21.0. The lowest BCUT2D eigenvalue weighted by molar-refractivity contribution is -0.116. The van der Waals surface area contributed by atoms with Gasteiger partial charge in [-0.3, -0.25) is 4.79 Å². The van der Waals surface area contributed by atoms with E-state index in [9.17, 15) is 4.79 Å². The molecule has 0 unspecified atom stereocenters. The molecule has 31 heavy (non-hydrogen) atoms. The third kappa shape index (κ3) is 4.58. The second-order valence-corrected chi connectivity index (χ2v) is 8.15. The van der Waals surface area contributed by atoms with Crippen LogP contribution in [-0.2, 0) is 24.2 Å². The summed E-state index contributed by atoms with van der Waals surface area (Å²) in [4.78, 5) is 17.2. The van der Waals surface area contributed by atoms with Gasteiger partial charge in [-0.25, -0.2) is 4.98 Å². The van der Waals surface area contributed by atoms with Gasteiger partial charge in [0.05, 0.1) is 18.9 Å². The molecule has 0 spiro atoms. The summed E-state index contributed by atoms with van der Waals surface area (Å²) in [7, 11) is 0. The third-order valence-corrected chi connectivity index (χ3v) is 5.83. The van der Waals surface area contributed by atoms with Crippen molar-refractivity contribution >= 4 is 11.6 Å². The van der Waals surface area contributed by atoms with Crippen molar-refractivity contribution in [3.8, 4) is 22.8 Å². The van der Waals surface area contributed by atoms with Crippen LogP contribution in [0.5, 0.6) is 11.5 Å². The summed E-state index contributed by atoms with van der Waals surface area (Å²) in [6.07, 6.45) is 7.58. The summed E-state index contributed by atoms with van der Waals surface area (Å²) < 4.78 is 13.7. The molecule has 3 heterocycles. The summed E-state index contributed by atoms with van der Waals surface area (Å²) in [5, 5.41) is 2.99. The summed E-state index contributed by atoms with van der Waals surface area (Å²) in [5.74, 6) is 2.72. The maximum absolute atomic E-state index is 12.4. The maximum atomic E-state index is 12.4. The highest BCUT2D eigenvalue weighted by molar-refractivity contribution is 5.91. The van der Waals surface area contributed by atoms with E-state index in [2.05, 4.69) is 16.1 Å². The standard InChI is InChI=1S/C25H27N3O3/c29-25(12-6-18-5-11-22-23(16-18)31-15-3-14-30-22)26-20-9-7-19(8-10-20)21-17-28-13-2-1-4-24(28)27-21/h5,7-11,16-17H,1-4,6,12-15H2,(H,26,29). The van der Waals surface area contributed by atoms with Gasteiger partial charge in [-0.15, -0.1) is 0 Å². The number of hydrogen-bond acceptors (Lipinski definition) is 4. The van der Waals surface area contributed by atoms with Crippen molar-refractivity contribution in [3.05, 3.63) is 60.0 Å². The van der Waals surface area contributed by atoms with Gasteiger partial charge in [-0.05, 0) is 49.1 Å². The number of carbonyl (C=O) groups is 1. The fraction of sp³-hybridized carbons (Fsp3) is 0.360. The van der Waals surface area contributed by atoms with Crippen LogP contribution in [0.4, 0.5) is 5.69 Å². The van der Waals surface area contributed by atoms with Crippen molar-refractivity contribution in [3.63, 3.8) is 0 Å². The highest BCUT2D eigenvalue weighted by Gasteiger charge is 2.14. The first-order chi connectivity index (χ1) is 15.2. The molecule has 0 fully saturated rings. The molecule has 6 nitrogen and oxygen atoms in total. The van der Waals surface area contributed by atoms with E-state index in [0.29, 0.717) is 26.1 Å². The molecule has 0 saturated heterocycles. The van der Waals surface area contributed by atoms with Crippen molar-refractivity contribution in [2.45, 2.75) is 45.1 Å². The van der Waals surface area contributed by atoms with E-state index in [1.54, 1.807) is 0 Å². The largest absolute Gasteiger partial charge is 0.490 e. The molecule has 0 radical (unpaired) electrons. The Bertz CT molecular complexity index is 1050. The number of hydrogen-bond donors (Lipinski definition) is 1. The SMILES string of the molecule is O=C(CCc1ccc2c(c1)OCCCO2)Nc1ccc(-c2cn3c(n2)CCCC3)cc1. The molecule has 3 aromatic rings. The molecule has 6 heteroatoms.